The van der Waals surface area contributed by atoms with Crippen molar-refractivity contribution < 1.29 is 45.4 Å². The Morgan fingerprint density at radius 3 is 1.44 bits per heavy atom. The van der Waals surface area contributed by atoms with Crippen molar-refractivity contribution in [3.63, 3.8) is 0 Å². The van der Waals surface area contributed by atoms with E-state index in [0.29, 0.717) is 28.1 Å². The lowest BCUT2D eigenvalue weighted by molar-refractivity contribution is -0.145. The van der Waals surface area contributed by atoms with Gasteiger partial charge in [-0.15, -0.1) is 10.2 Å². The molecule has 250 valence electrons. The first-order valence-electron chi connectivity index (χ1n) is 13.4. The average Bonchev–Trinajstić information content (AvgIpc) is 3.76. The standard InChI is InChI=1S/C18H12F3N5O3.C10H10F3N5O/c1-29-14-10(8-25-15(27)12-4-2-3-5-13(12)16(25)28)9-26(24-14)11-6-22-17(23-7-11)18(19,20)21;1-19-8-6(2-14)5-18(17-8)7-3-15-9(16-4-7)10(11,12)13/h2-7,9H,8H2,1H3;3-5H,2,14H2,1H3. The number of alkyl halides is 6. The molecule has 0 bridgehead atoms. The molecule has 6 rings (SSSR count). The summed E-state index contributed by atoms with van der Waals surface area (Å²) >= 11 is 0. The van der Waals surface area contributed by atoms with E-state index in [1.807, 2.05) is 0 Å². The Hall–Kier alpha value is -5.92. The van der Waals surface area contributed by atoms with Gasteiger partial charge in [-0.25, -0.2) is 29.3 Å². The molecule has 5 heterocycles. The third-order valence-corrected chi connectivity index (χ3v) is 6.63. The predicted octanol–water partition coefficient (Wildman–Crippen LogP) is 3.63. The van der Waals surface area contributed by atoms with Gasteiger partial charge < -0.3 is 15.2 Å². The highest BCUT2D eigenvalue weighted by Crippen LogP contribution is 2.29. The van der Waals surface area contributed by atoms with Gasteiger partial charge in [0.05, 0.1) is 62.2 Å². The van der Waals surface area contributed by atoms with Crippen molar-refractivity contribution in [3.8, 4) is 23.1 Å². The first kappa shape index (κ1) is 33.4. The number of benzene rings is 1. The van der Waals surface area contributed by atoms with Crippen LogP contribution >= 0.6 is 0 Å². The lowest BCUT2D eigenvalue weighted by Gasteiger charge is -2.12. The minimum absolute atomic E-state index is 0.112. The molecule has 1 aromatic carbocycles. The zero-order valence-electron chi connectivity index (χ0n) is 24.7. The Balaban J connectivity index is 0.000000206. The number of fused-ring (bicyclic) bond motifs is 1. The SMILES string of the molecule is COc1nn(-c2cnc(C(F)(F)F)nc2)cc1CN.COc1nn(-c2cnc(C(F)(F)F)nc2)cc1CN1C(=O)c2ccccc2C1=O. The largest absolute Gasteiger partial charge is 0.480 e. The lowest BCUT2D eigenvalue weighted by Crippen LogP contribution is -2.29. The van der Waals surface area contributed by atoms with Gasteiger partial charge in [-0.1, -0.05) is 12.1 Å². The molecule has 0 atom stereocenters. The fraction of sp³-hybridized carbons (Fsp3) is 0.214. The van der Waals surface area contributed by atoms with Crippen molar-refractivity contribution in [2.24, 2.45) is 5.73 Å². The molecule has 4 aromatic heterocycles. The van der Waals surface area contributed by atoms with Crippen LogP contribution in [-0.2, 0) is 25.4 Å². The molecule has 20 heteroatoms. The summed E-state index contributed by atoms with van der Waals surface area (Å²) in [6.07, 6.45) is -2.24. The Labute approximate surface area is 265 Å². The molecule has 0 spiro atoms. The normalized spacial score (nSPS) is 12.9. The molecule has 48 heavy (non-hydrogen) atoms. The molecule has 0 unspecified atom stereocenters. The fourth-order valence-corrected chi connectivity index (χ4v) is 4.37. The average molecular weight is 677 g/mol. The van der Waals surface area contributed by atoms with Gasteiger partial charge in [-0.3, -0.25) is 14.5 Å². The fourth-order valence-electron chi connectivity index (χ4n) is 4.37. The van der Waals surface area contributed by atoms with E-state index in [1.54, 1.807) is 30.5 Å². The summed E-state index contributed by atoms with van der Waals surface area (Å²) in [5.41, 5.74) is 7.56. The van der Waals surface area contributed by atoms with Crippen LogP contribution in [0.5, 0.6) is 11.8 Å². The first-order valence-corrected chi connectivity index (χ1v) is 13.4. The summed E-state index contributed by atoms with van der Waals surface area (Å²) in [5, 5.41) is 8.13. The van der Waals surface area contributed by atoms with E-state index in [9.17, 15) is 35.9 Å². The minimum Gasteiger partial charge on any atom is -0.480 e. The van der Waals surface area contributed by atoms with Crippen LogP contribution in [0, 0.1) is 0 Å². The van der Waals surface area contributed by atoms with E-state index in [0.717, 1.165) is 29.7 Å². The number of hydrogen-bond donors (Lipinski definition) is 1. The van der Waals surface area contributed by atoms with E-state index in [-0.39, 0.29) is 30.3 Å². The number of nitrogens with zero attached hydrogens (tertiary/aromatic N) is 9. The van der Waals surface area contributed by atoms with Crippen LogP contribution in [0.3, 0.4) is 0 Å². The molecular weight excluding hydrogens is 654 g/mol. The monoisotopic (exact) mass is 676 g/mol. The molecule has 0 fully saturated rings. The van der Waals surface area contributed by atoms with Gasteiger partial charge in [0.25, 0.3) is 11.8 Å². The highest BCUT2D eigenvalue weighted by Gasteiger charge is 2.37. The molecule has 0 radical (unpaired) electrons. The van der Waals surface area contributed by atoms with Crippen LogP contribution in [0.2, 0.25) is 0 Å². The highest BCUT2D eigenvalue weighted by molar-refractivity contribution is 6.21. The number of carbonyl (C=O) groups is 2. The topological polar surface area (TPSA) is 169 Å². The summed E-state index contributed by atoms with van der Waals surface area (Å²) in [6, 6.07) is 6.46. The molecule has 0 saturated heterocycles. The summed E-state index contributed by atoms with van der Waals surface area (Å²) in [5.74, 6) is -2.94. The molecular formula is C28H22F6N10O4. The molecule has 0 aliphatic carbocycles. The zero-order chi connectivity index (χ0) is 34.8. The molecule has 2 amide bonds. The number of ether oxygens (including phenoxy) is 2. The Morgan fingerprint density at radius 1 is 0.688 bits per heavy atom. The van der Waals surface area contributed by atoms with Crippen molar-refractivity contribution in [2.75, 3.05) is 14.2 Å². The van der Waals surface area contributed by atoms with Gasteiger partial charge in [-0.05, 0) is 12.1 Å². The van der Waals surface area contributed by atoms with Gasteiger partial charge in [0.1, 0.15) is 11.4 Å². The van der Waals surface area contributed by atoms with Crippen molar-refractivity contribution in [3.05, 3.63) is 95.3 Å². The number of nitrogens with two attached hydrogens (primary N) is 1. The van der Waals surface area contributed by atoms with Crippen LogP contribution < -0.4 is 15.2 Å². The van der Waals surface area contributed by atoms with E-state index in [2.05, 4.69) is 30.1 Å². The van der Waals surface area contributed by atoms with Gasteiger partial charge in [0, 0.05) is 24.5 Å². The Morgan fingerprint density at radius 2 is 1.08 bits per heavy atom. The highest BCUT2D eigenvalue weighted by atomic mass is 19.4. The predicted molar refractivity (Wildman–Crippen MR) is 150 cm³/mol. The number of halogens is 6. The maximum absolute atomic E-state index is 12.6. The van der Waals surface area contributed by atoms with E-state index in [1.165, 1.54) is 29.8 Å². The smallest absolute Gasteiger partial charge is 0.451 e. The summed E-state index contributed by atoms with van der Waals surface area (Å²) < 4.78 is 87.5. The number of methoxy groups -OCH3 is 2. The minimum atomic E-state index is -4.66. The molecule has 5 aromatic rings. The number of aromatic nitrogens is 8. The third-order valence-electron chi connectivity index (χ3n) is 6.63. The second kappa shape index (κ2) is 13.1. The maximum Gasteiger partial charge on any atom is 0.451 e. The summed E-state index contributed by atoms with van der Waals surface area (Å²) in [4.78, 5) is 39.2. The second-order valence-electron chi connectivity index (χ2n) is 9.69. The molecule has 1 aliphatic rings. The van der Waals surface area contributed by atoms with Crippen molar-refractivity contribution >= 4 is 11.8 Å². The van der Waals surface area contributed by atoms with Crippen LogP contribution in [0.15, 0.2) is 61.4 Å². The molecule has 14 nitrogen and oxygen atoms in total. The van der Waals surface area contributed by atoms with Crippen LogP contribution in [0.4, 0.5) is 26.3 Å². The molecule has 1 aliphatic heterocycles. The summed E-state index contributed by atoms with van der Waals surface area (Å²) in [7, 11) is 2.77. The lowest BCUT2D eigenvalue weighted by atomic mass is 10.1. The second-order valence-corrected chi connectivity index (χ2v) is 9.69. The van der Waals surface area contributed by atoms with E-state index in [4.69, 9.17) is 15.2 Å². The zero-order valence-corrected chi connectivity index (χ0v) is 24.7. The maximum atomic E-state index is 12.6. The van der Waals surface area contributed by atoms with Crippen molar-refractivity contribution in [2.45, 2.75) is 25.4 Å². The quantitative estimate of drug-likeness (QED) is 0.197. The number of carbonyl (C=O) groups excluding carboxylic acids is 2. The number of hydrogen-bond acceptors (Lipinski definition) is 11. The van der Waals surface area contributed by atoms with Gasteiger partial charge in [0.2, 0.25) is 23.4 Å². The van der Waals surface area contributed by atoms with Gasteiger partial charge >= 0.3 is 12.4 Å². The van der Waals surface area contributed by atoms with E-state index < -0.39 is 35.8 Å². The molecule has 0 saturated carbocycles. The van der Waals surface area contributed by atoms with Crippen LogP contribution in [0.1, 0.15) is 43.5 Å². The van der Waals surface area contributed by atoms with Crippen LogP contribution in [0.25, 0.3) is 11.4 Å². The van der Waals surface area contributed by atoms with Crippen molar-refractivity contribution in [1.82, 2.24) is 44.4 Å². The number of amides is 2. The van der Waals surface area contributed by atoms with Crippen molar-refractivity contribution in [1.29, 1.82) is 0 Å². The van der Waals surface area contributed by atoms with Gasteiger partial charge in [-0.2, -0.15) is 26.3 Å². The first-order chi connectivity index (χ1) is 22.7. The Kier molecular flexibility index (Phi) is 9.10. The third kappa shape index (κ3) is 6.77. The van der Waals surface area contributed by atoms with Crippen LogP contribution in [-0.4, -0.2) is 70.4 Å². The van der Waals surface area contributed by atoms with E-state index >= 15 is 0 Å². The number of rotatable bonds is 7. The summed E-state index contributed by atoms with van der Waals surface area (Å²) in [6.45, 7) is 0.0850. The number of imide groups is 1. The van der Waals surface area contributed by atoms with Gasteiger partial charge in [0.15, 0.2) is 0 Å². The Bertz CT molecular complexity index is 1880. The molecule has 2 N–H and O–H groups in total.